The molecule has 1 aliphatic rings. The normalized spacial score (nSPS) is 33.3. The van der Waals surface area contributed by atoms with Gasteiger partial charge in [-0.3, -0.25) is 0 Å². The molecule has 2 atom stereocenters. The molecule has 1 aliphatic carbocycles. The van der Waals surface area contributed by atoms with E-state index in [9.17, 15) is 0 Å². The maximum atomic E-state index is 5.65. The third-order valence-corrected chi connectivity index (χ3v) is 3.13. The van der Waals surface area contributed by atoms with Crippen LogP contribution in [0.15, 0.2) is 30.3 Å². The minimum Gasteiger partial charge on any atom is -0.330 e. The second kappa shape index (κ2) is 2.60. The van der Waals surface area contributed by atoms with E-state index < -0.39 is 0 Å². The Morgan fingerprint density at radius 3 is 2.58 bits per heavy atom. The molecule has 1 aromatic rings. The molecule has 1 saturated carbocycles. The third kappa shape index (κ3) is 1.05. The molecule has 0 aromatic heterocycles. The van der Waals surface area contributed by atoms with Crippen molar-refractivity contribution in [2.24, 2.45) is 11.7 Å². The molecule has 0 amide bonds. The zero-order valence-corrected chi connectivity index (χ0v) is 7.46. The zero-order chi connectivity index (χ0) is 8.60. The van der Waals surface area contributed by atoms with Gasteiger partial charge in [0.15, 0.2) is 0 Å². The van der Waals surface area contributed by atoms with Crippen LogP contribution < -0.4 is 5.73 Å². The van der Waals surface area contributed by atoms with E-state index in [1.54, 1.807) is 0 Å². The van der Waals surface area contributed by atoms with E-state index in [2.05, 4.69) is 37.3 Å². The molecule has 1 heteroatoms. The van der Waals surface area contributed by atoms with Crippen molar-refractivity contribution in [2.75, 3.05) is 6.54 Å². The fourth-order valence-corrected chi connectivity index (χ4v) is 1.97. The summed E-state index contributed by atoms with van der Waals surface area (Å²) >= 11 is 0. The van der Waals surface area contributed by atoms with Crippen molar-refractivity contribution in [3.63, 3.8) is 0 Å². The molecule has 0 saturated heterocycles. The van der Waals surface area contributed by atoms with Crippen molar-refractivity contribution in [3.05, 3.63) is 35.9 Å². The third-order valence-electron chi connectivity index (χ3n) is 3.13. The van der Waals surface area contributed by atoms with Crippen molar-refractivity contribution < 1.29 is 0 Å². The van der Waals surface area contributed by atoms with Crippen molar-refractivity contribution in [1.82, 2.24) is 0 Å². The molecule has 1 fully saturated rings. The van der Waals surface area contributed by atoms with Crippen LogP contribution >= 0.6 is 0 Å². The van der Waals surface area contributed by atoms with Crippen molar-refractivity contribution in [2.45, 2.75) is 18.8 Å². The van der Waals surface area contributed by atoms with Gasteiger partial charge in [-0.15, -0.1) is 0 Å². The molecule has 64 valence electrons. The molecular formula is C11H15N. The van der Waals surface area contributed by atoms with Gasteiger partial charge in [0.25, 0.3) is 0 Å². The van der Waals surface area contributed by atoms with Crippen molar-refractivity contribution in [3.8, 4) is 0 Å². The average molecular weight is 161 g/mol. The first kappa shape index (κ1) is 7.81. The van der Waals surface area contributed by atoms with Crippen LogP contribution in [0.2, 0.25) is 0 Å². The van der Waals surface area contributed by atoms with Gasteiger partial charge in [0.05, 0.1) is 0 Å². The van der Waals surface area contributed by atoms with E-state index in [0.717, 1.165) is 6.54 Å². The van der Waals surface area contributed by atoms with Crippen LogP contribution in [0.3, 0.4) is 0 Å². The van der Waals surface area contributed by atoms with Gasteiger partial charge >= 0.3 is 0 Å². The largest absolute Gasteiger partial charge is 0.330 e. The topological polar surface area (TPSA) is 26.0 Å². The van der Waals surface area contributed by atoms with Crippen LogP contribution in [0.25, 0.3) is 0 Å². The Bertz CT molecular complexity index is 268. The van der Waals surface area contributed by atoms with E-state index >= 15 is 0 Å². The molecule has 2 rings (SSSR count). The molecule has 0 heterocycles. The predicted molar refractivity (Wildman–Crippen MR) is 51.0 cm³/mol. The molecule has 1 aromatic carbocycles. The fourth-order valence-electron chi connectivity index (χ4n) is 1.97. The second-order valence-corrected chi connectivity index (χ2v) is 3.92. The van der Waals surface area contributed by atoms with E-state index in [0.29, 0.717) is 11.3 Å². The maximum absolute atomic E-state index is 5.65. The average Bonchev–Trinajstić information content (AvgIpc) is 2.81. The molecule has 0 spiro atoms. The lowest BCUT2D eigenvalue weighted by molar-refractivity contribution is 0.666. The van der Waals surface area contributed by atoms with Crippen LogP contribution in [0.4, 0.5) is 0 Å². The minimum atomic E-state index is 0.385. The Morgan fingerprint density at radius 2 is 2.08 bits per heavy atom. The van der Waals surface area contributed by atoms with Crippen LogP contribution in [0.5, 0.6) is 0 Å². The Kier molecular flexibility index (Phi) is 1.69. The lowest BCUT2D eigenvalue weighted by atomic mass is 9.96. The highest BCUT2D eigenvalue weighted by atomic mass is 14.7. The summed E-state index contributed by atoms with van der Waals surface area (Å²) in [5.41, 5.74) is 7.48. The van der Waals surface area contributed by atoms with E-state index in [4.69, 9.17) is 5.73 Å². The van der Waals surface area contributed by atoms with Gasteiger partial charge < -0.3 is 5.73 Å². The molecule has 0 bridgehead atoms. The van der Waals surface area contributed by atoms with Crippen LogP contribution in [-0.2, 0) is 5.41 Å². The van der Waals surface area contributed by atoms with Crippen LogP contribution in [0.1, 0.15) is 18.9 Å². The first-order valence-electron chi connectivity index (χ1n) is 4.53. The van der Waals surface area contributed by atoms with Gasteiger partial charge in [-0.1, -0.05) is 37.3 Å². The Hall–Kier alpha value is -0.820. The Morgan fingerprint density at radius 1 is 1.42 bits per heavy atom. The molecular weight excluding hydrogens is 146 g/mol. The van der Waals surface area contributed by atoms with Gasteiger partial charge in [-0.05, 0) is 29.9 Å². The van der Waals surface area contributed by atoms with Gasteiger partial charge in [0.2, 0.25) is 0 Å². The summed E-state index contributed by atoms with van der Waals surface area (Å²) < 4.78 is 0. The van der Waals surface area contributed by atoms with E-state index in [1.807, 2.05) is 0 Å². The summed E-state index contributed by atoms with van der Waals surface area (Å²) in [5, 5.41) is 0. The predicted octanol–water partition coefficient (Wildman–Crippen LogP) is 1.92. The number of hydrogen-bond acceptors (Lipinski definition) is 1. The van der Waals surface area contributed by atoms with Gasteiger partial charge in [0.1, 0.15) is 0 Å². The summed E-state index contributed by atoms with van der Waals surface area (Å²) in [6.45, 7) is 3.13. The molecule has 0 radical (unpaired) electrons. The smallest absolute Gasteiger partial charge is 0.00313 e. The Labute approximate surface area is 73.6 Å². The molecule has 12 heavy (non-hydrogen) atoms. The van der Waals surface area contributed by atoms with Crippen LogP contribution in [0, 0.1) is 5.92 Å². The fraction of sp³-hybridized carbons (Fsp3) is 0.455. The maximum Gasteiger partial charge on any atom is -0.00313 e. The van der Waals surface area contributed by atoms with Gasteiger partial charge in [0, 0.05) is 0 Å². The first-order valence-corrected chi connectivity index (χ1v) is 4.53. The van der Waals surface area contributed by atoms with Gasteiger partial charge in [-0.25, -0.2) is 0 Å². The molecule has 0 unspecified atom stereocenters. The molecule has 2 N–H and O–H groups in total. The number of hydrogen-bond donors (Lipinski definition) is 1. The van der Waals surface area contributed by atoms with Crippen LogP contribution in [-0.4, -0.2) is 6.54 Å². The second-order valence-electron chi connectivity index (χ2n) is 3.92. The highest BCUT2D eigenvalue weighted by Gasteiger charge is 2.49. The standard InChI is InChI=1S/C11H15N/c1-11(7-10(11)8-12)9-5-3-2-4-6-9/h2-6,10H,7-8,12H2,1H3/t10-,11-/m0/s1. The van der Waals surface area contributed by atoms with E-state index in [1.165, 1.54) is 12.0 Å². The van der Waals surface area contributed by atoms with Crippen molar-refractivity contribution >= 4 is 0 Å². The first-order chi connectivity index (χ1) is 5.77. The monoisotopic (exact) mass is 161 g/mol. The lowest BCUT2D eigenvalue weighted by Gasteiger charge is -2.10. The number of nitrogens with two attached hydrogens (primary N) is 1. The van der Waals surface area contributed by atoms with Crippen molar-refractivity contribution in [1.29, 1.82) is 0 Å². The van der Waals surface area contributed by atoms with E-state index in [-0.39, 0.29) is 0 Å². The summed E-state index contributed by atoms with van der Waals surface area (Å²) in [4.78, 5) is 0. The molecule has 1 nitrogen and oxygen atoms in total. The lowest BCUT2D eigenvalue weighted by Crippen LogP contribution is -2.11. The number of rotatable bonds is 2. The summed E-state index contributed by atoms with van der Waals surface area (Å²) in [5.74, 6) is 0.708. The summed E-state index contributed by atoms with van der Waals surface area (Å²) in [6, 6.07) is 10.7. The SMILES string of the molecule is C[C@@]1(c2ccccc2)C[C@H]1CN. The highest BCUT2D eigenvalue weighted by molar-refractivity contribution is 5.32. The number of benzene rings is 1. The van der Waals surface area contributed by atoms with Gasteiger partial charge in [-0.2, -0.15) is 0 Å². The summed E-state index contributed by atoms with van der Waals surface area (Å²) in [7, 11) is 0. The summed E-state index contributed by atoms with van der Waals surface area (Å²) in [6.07, 6.45) is 1.26. The minimum absolute atomic E-state index is 0.385. The highest BCUT2D eigenvalue weighted by Crippen LogP contribution is 2.53. The Balaban J connectivity index is 2.23. The molecule has 0 aliphatic heterocycles. The quantitative estimate of drug-likeness (QED) is 0.704. The zero-order valence-electron chi connectivity index (χ0n) is 7.46.